The average molecular weight is 327 g/mol. The molecule has 0 bridgehead atoms. The van der Waals surface area contributed by atoms with Crippen molar-refractivity contribution in [1.82, 2.24) is 0 Å². The standard InChI is InChI=1S/C14H9BrF2O2/c15-11-6-2-1-4-9(11)8-19-14(18)10-5-3-7-12(16)13(10)17/h1-7H,8H2. The van der Waals surface area contributed by atoms with Gasteiger partial charge in [-0.25, -0.2) is 13.6 Å². The van der Waals surface area contributed by atoms with E-state index in [9.17, 15) is 13.6 Å². The highest BCUT2D eigenvalue weighted by Gasteiger charge is 2.16. The molecule has 0 aliphatic rings. The third-order valence-corrected chi connectivity index (χ3v) is 3.26. The Hall–Kier alpha value is -1.75. The van der Waals surface area contributed by atoms with Gasteiger partial charge < -0.3 is 4.74 Å². The number of rotatable bonds is 3. The van der Waals surface area contributed by atoms with Gasteiger partial charge >= 0.3 is 5.97 Å². The van der Waals surface area contributed by atoms with E-state index in [0.717, 1.165) is 16.1 Å². The highest BCUT2D eigenvalue weighted by Crippen LogP contribution is 2.18. The zero-order valence-corrected chi connectivity index (χ0v) is 11.3. The van der Waals surface area contributed by atoms with Gasteiger partial charge in [0.2, 0.25) is 0 Å². The summed E-state index contributed by atoms with van der Waals surface area (Å²) >= 11 is 3.30. The fourth-order valence-electron chi connectivity index (χ4n) is 1.50. The van der Waals surface area contributed by atoms with Crippen LogP contribution in [0.15, 0.2) is 46.9 Å². The maximum Gasteiger partial charge on any atom is 0.341 e. The van der Waals surface area contributed by atoms with Crippen molar-refractivity contribution in [3.8, 4) is 0 Å². The van der Waals surface area contributed by atoms with Gasteiger partial charge in [-0.15, -0.1) is 0 Å². The highest BCUT2D eigenvalue weighted by atomic mass is 79.9. The van der Waals surface area contributed by atoms with Gasteiger partial charge in [-0.05, 0) is 18.2 Å². The Balaban J connectivity index is 2.10. The molecule has 0 unspecified atom stereocenters. The van der Waals surface area contributed by atoms with E-state index in [1.54, 1.807) is 18.2 Å². The molecule has 2 aromatic rings. The SMILES string of the molecule is O=C(OCc1ccccc1Br)c1cccc(F)c1F. The van der Waals surface area contributed by atoms with Crippen molar-refractivity contribution < 1.29 is 18.3 Å². The molecule has 2 aromatic carbocycles. The summed E-state index contributed by atoms with van der Waals surface area (Å²) in [7, 11) is 0. The lowest BCUT2D eigenvalue weighted by Crippen LogP contribution is -2.08. The molecule has 2 nitrogen and oxygen atoms in total. The van der Waals surface area contributed by atoms with Crippen molar-refractivity contribution in [3.63, 3.8) is 0 Å². The minimum atomic E-state index is -1.19. The molecule has 0 N–H and O–H groups in total. The smallest absolute Gasteiger partial charge is 0.341 e. The van der Waals surface area contributed by atoms with Gasteiger partial charge in [0.05, 0.1) is 5.56 Å². The third kappa shape index (κ3) is 3.17. The molecular weight excluding hydrogens is 318 g/mol. The first-order valence-corrected chi connectivity index (χ1v) is 6.23. The van der Waals surface area contributed by atoms with Crippen LogP contribution < -0.4 is 0 Å². The Morgan fingerprint density at radius 2 is 1.84 bits per heavy atom. The molecule has 0 amide bonds. The van der Waals surface area contributed by atoms with Gasteiger partial charge in [0, 0.05) is 10.0 Å². The molecular formula is C14H9BrF2O2. The van der Waals surface area contributed by atoms with Crippen molar-refractivity contribution in [3.05, 3.63) is 69.7 Å². The van der Waals surface area contributed by atoms with Crippen molar-refractivity contribution in [2.45, 2.75) is 6.61 Å². The van der Waals surface area contributed by atoms with Crippen molar-refractivity contribution in [1.29, 1.82) is 0 Å². The number of carbonyl (C=O) groups excluding carboxylic acids is 1. The van der Waals surface area contributed by atoms with Crippen LogP contribution >= 0.6 is 15.9 Å². The van der Waals surface area contributed by atoms with Gasteiger partial charge in [0.1, 0.15) is 6.61 Å². The molecule has 0 spiro atoms. The van der Waals surface area contributed by atoms with Gasteiger partial charge in [0.25, 0.3) is 0 Å². The molecule has 5 heteroatoms. The molecule has 0 aliphatic heterocycles. The molecule has 98 valence electrons. The number of benzene rings is 2. The fourth-order valence-corrected chi connectivity index (χ4v) is 1.90. The molecule has 0 aromatic heterocycles. The Labute approximate surface area is 117 Å². The number of hydrogen-bond acceptors (Lipinski definition) is 2. The average Bonchev–Trinajstić information content (AvgIpc) is 2.40. The highest BCUT2D eigenvalue weighted by molar-refractivity contribution is 9.10. The first-order chi connectivity index (χ1) is 9.09. The summed E-state index contributed by atoms with van der Waals surface area (Å²) in [5, 5.41) is 0. The monoisotopic (exact) mass is 326 g/mol. The van der Waals surface area contributed by atoms with E-state index in [1.807, 2.05) is 6.07 Å². The number of carbonyl (C=O) groups is 1. The number of halogens is 3. The van der Waals surface area contributed by atoms with E-state index in [0.29, 0.717) is 0 Å². The lowest BCUT2D eigenvalue weighted by atomic mass is 10.2. The van der Waals surface area contributed by atoms with E-state index in [1.165, 1.54) is 12.1 Å². The Morgan fingerprint density at radius 1 is 1.11 bits per heavy atom. The van der Waals surface area contributed by atoms with E-state index >= 15 is 0 Å². The summed E-state index contributed by atoms with van der Waals surface area (Å²) in [5.74, 6) is -3.16. The van der Waals surface area contributed by atoms with Crippen LogP contribution in [0.2, 0.25) is 0 Å². The summed E-state index contributed by atoms with van der Waals surface area (Å²) in [4.78, 5) is 11.7. The normalized spacial score (nSPS) is 10.3. The molecule has 0 heterocycles. The van der Waals surface area contributed by atoms with Crippen molar-refractivity contribution in [2.24, 2.45) is 0 Å². The van der Waals surface area contributed by atoms with Crippen LogP contribution in [0.3, 0.4) is 0 Å². The number of ether oxygens (including phenoxy) is 1. The van der Waals surface area contributed by atoms with Gasteiger partial charge in [-0.1, -0.05) is 40.2 Å². The van der Waals surface area contributed by atoms with E-state index in [4.69, 9.17) is 4.74 Å². The fraction of sp³-hybridized carbons (Fsp3) is 0.0714. The first-order valence-electron chi connectivity index (χ1n) is 5.44. The van der Waals surface area contributed by atoms with E-state index < -0.39 is 23.2 Å². The molecule has 19 heavy (non-hydrogen) atoms. The minimum absolute atomic E-state index is 0.0176. The maximum absolute atomic E-state index is 13.4. The van der Waals surface area contributed by atoms with Gasteiger partial charge in [-0.2, -0.15) is 0 Å². The lowest BCUT2D eigenvalue weighted by molar-refractivity contribution is 0.0465. The van der Waals surface area contributed by atoms with Crippen LogP contribution in [0.1, 0.15) is 15.9 Å². The van der Waals surface area contributed by atoms with E-state index in [2.05, 4.69) is 15.9 Å². The maximum atomic E-state index is 13.4. The Bertz CT molecular complexity index is 614. The quantitative estimate of drug-likeness (QED) is 0.794. The van der Waals surface area contributed by atoms with E-state index in [-0.39, 0.29) is 6.61 Å². The first kappa shape index (κ1) is 13.7. The topological polar surface area (TPSA) is 26.3 Å². The lowest BCUT2D eigenvalue weighted by Gasteiger charge is -2.07. The summed E-state index contributed by atoms with van der Waals surface area (Å²) in [5.41, 5.74) is 0.333. The second-order valence-corrected chi connectivity index (χ2v) is 4.62. The van der Waals surface area contributed by atoms with Crippen molar-refractivity contribution in [2.75, 3.05) is 0 Å². The second-order valence-electron chi connectivity index (χ2n) is 3.77. The largest absolute Gasteiger partial charge is 0.457 e. The van der Waals surface area contributed by atoms with Crippen molar-refractivity contribution >= 4 is 21.9 Å². The molecule has 0 aliphatic carbocycles. The Kier molecular flexibility index (Phi) is 4.27. The molecule has 0 saturated carbocycles. The van der Waals surface area contributed by atoms with Crippen LogP contribution in [-0.4, -0.2) is 5.97 Å². The zero-order valence-electron chi connectivity index (χ0n) is 9.70. The third-order valence-electron chi connectivity index (χ3n) is 2.49. The minimum Gasteiger partial charge on any atom is -0.457 e. The van der Waals surface area contributed by atoms with Crippen LogP contribution in [0, 0.1) is 11.6 Å². The zero-order chi connectivity index (χ0) is 13.8. The number of esters is 1. The summed E-state index contributed by atoms with van der Waals surface area (Å²) in [6.07, 6.45) is 0. The van der Waals surface area contributed by atoms with Gasteiger partial charge in [-0.3, -0.25) is 0 Å². The second kappa shape index (κ2) is 5.93. The van der Waals surface area contributed by atoms with Crippen LogP contribution in [0.5, 0.6) is 0 Å². The number of hydrogen-bond donors (Lipinski definition) is 0. The molecule has 0 fully saturated rings. The van der Waals surface area contributed by atoms with Crippen LogP contribution in [-0.2, 0) is 11.3 Å². The predicted molar refractivity (Wildman–Crippen MR) is 69.6 cm³/mol. The molecule has 0 saturated heterocycles. The summed E-state index contributed by atoms with van der Waals surface area (Å²) in [6, 6.07) is 10.6. The molecule has 0 radical (unpaired) electrons. The summed E-state index contributed by atoms with van der Waals surface area (Å²) < 4.78 is 32.1. The van der Waals surface area contributed by atoms with Crippen LogP contribution in [0.25, 0.3) is 0 Å². The molecule has 2 rings (SSSR count). The molecule has 0 atom stereocenters. The Morgan fingerprint density at radius 3 is 2.58 bits per heavy atom. The summed E-state index contributed by atoms with van der Waals surface area (Å²) in [6.45, 7) is -0.0176. The van der Waals surface area contributed by atoms with Gasteiger partial charge in [0.15, 0.2) is 11.6 Å². The van der Waals surface area contributed by atoms with Crippen LogP contribution in [0.4, 0.5) is 8.78 Å². The predicted octanol–water partition coefficient (Wildman–Crippen LogP) is 4.08.